The second-order valence-corrected chi connectivity index (χ2v) is 4.19. The van der Waals surface area contributed by atoms with E-state index in [4.69, 9.17) is 4.74 Å². The maximum Gasteiger partial charge on any atom is 0.0601 e. The lowest BCUT2D eigenvalue weighted by molar-refractivity contribution is 0.0147. The van der Waals surface area contributed by atoms with Crippen LogP contribution in [0.3, 0.4) is 0 Å². The number of ether oxygens (including phenoxy) is 1. The fraction of sp³-hybridized carbons (Fsp3) is 0.583. The molecule has 0 amide bonds. The van der Waals surface area contributed by atoms with Crippen LogP contribution < -0.4 is 5.32 Å². The van der Waals surface area contributed by atoms with Crippen molar-refractivity contribution in [3.63, 3.8) is 0 Å². The second-order valence-electron chi connectivity index (χ2n) is 4.19. The van der Waals surface area contributed by atoms with E-state index in [1.165, 1.54) is 5.56 Å². The van der Waals surface area contributed by atoms with Gasteiger partial charge in [0, 0.05) is 31.6 Å². The molecular formula is C12H18N2O. The van der Waals surface area contributed by atoms with E-state index in [0.29, 0.717) is 18.2 Å². The minimum absolute atomic E-state index is 0.399. The van der Waals surface area contributed by atoms with Crippen molar-refractivity contribution in [3.8, 4) is 0 Å². The van der Waals surface area contributed by atoms with Crippen LogP contribution in [-0.4, -0.2) is 24.2 Å². The van der Waals surface area contributed by atoms with Gasteiger partial charge in [0.1, 0.15) is 0 Å². The van der Waals surface area contributed by atoms with Crippen LogP contribution >= 0.6 is 0 Å². The lowest BCUT2D eigenvalue weighted by Gasteiger charge is -2.36. The van der Waals surface area contributed by atoms with Gasteiger partial charge in [-0.1, -0.05) is 0 Å². The number of hydrogen-bond donors (Lipinski definition) is 1. The van der Waals surface area contributed by atoms with E-state index in [1.54, 1.807) is 7.11 Å². The van der Waals surface area contributed by atoms with Crippen LogP contribution in [0.2, 0.25) is 0 Å². The molecule has 15 heavy (non-hydrogen) atoms. The van der Waals surface area contributed by atoms with Gasteiger partial charge in [0.15, 0.2) is 0 Å². The molecule has 0 radical (unpaired) electrons. The standard InChI is InChI=1S/C12H18N2O/c1-9(10-3-5-13-6-4-10)14-11-7-12(8-11)15-2/h3-6,9,11-12,14H,7-8H2,1-2H3. The first-order valence-electron chi connectivity index (χ1n) is 5.48. The Bertz CT molecular complexity index is 296. The monoisotopic (exact) mass is 206 g/mol. The van der Waals surface area contributed by atoms with E-state index < -0.39 is 0 Å². The smallest absolute Gasteiger partial charge is 0.0601 e. The van der Waals surface area contributed by atoms with Crippen LogP contribution in [0.4, 0.5) is 0 Å². The molecule has 82 valence electrons. The summed E-state index contributed by atoms with van der Waals surface area (Å²) in [7, 11) is 1.78. The summed E-state index contributed by atoms with van der Waals surface area (Å²) in [6.07, 6.45) is 6.41. The Hall–Kier alpha value is -0.930. The largest absolute Gasteiger partial charge is 0.381 e. The van der Waals surface area contributed by atoms with Crippen molar-refractivity contribution in [3.05, 3.63) is 30.1 Å². The Balaban J connectivity index is 1.81. The minimum atomic E-state index is 0.399. The minimum Gasteiger partial charge on any atom is -0.381 e. The summed E-state index contributed by atoms with van der Waals surface area (Å²) in [6.45, 7) is 2.19. The Morgan fingerprint density at radius 3 is 2.67 bits per heavy atom. The van der Waals surface area contributed by atoms with Crippen LogP contribution in [0, 0.1) is 0 Å². The maximum atomic E-state index is 5.25. The summed E-state index contributed by atoms with van der Waals surface area (Å²) in [5.74, 6) is 0. The van der Waals surface area contributed by atoms with Crippen LogP contribution in [0.5, 0.6) is 0 Å². The fourth-order valence-electron chi connectivity index (χ4n) is 2.00. The van der Waals surface area contributed by atoms with Crippen molar-refractivity contribution in [1.82, 2.24) is 10.3 Å². The van der Waals surface area contributed by atoms with Crippen LogP contribution in [0.25, 0.3) is 0 Å². The lowest BCUT2D eigenvalue weighted by Crippen LogP contribution is -2.45. The molecular weight excluding hydrogens is 188 g/mol. The number of methoxy groups -OCH3 is 1. The van der Waals surface area contributed by atoms with Crippen molar-refractivity contribution >= 4 is 0 Å². The second kappa shape index (κ2) is 4.73. The van der Waals surface area contributed by atoms with Gasteiger partial charge < -0.3 is 10.1 Å². The third kappa shape index (κ3) is 2.55. The normalized spacial score (nSPS) is 27.1. The molecule has 0 aromatic carbocycles. The number of hydrogen-bond acceptors (Lipinski definition) is 3. The third-order valence-corrected chi connectivity index (χ3v) is 3.12. The fourth-order valence-corrected chi connectivity index (χ4v) is 2.00. The molecule has 0 aliphatic heterocycles. The van der Waals surface area contributed by atoms with Gasteiger partial charge in [0.25, 0.3) is 0 Å². The molecule has 1 atom stereocenters. The zero-order valence-electron chi connectivity index (χ0n) is 9.31. The Morgan fingerprint density at radius 1 is 1.40 bits per heavy atom. The summed E-state index contributed by atoms with van der Waals surface area (Å²) in [5.41, 5.74) is 1.30. The van der Waals surface area contributed by atoms with Gasteiger partial charge in [0.2, 0.25) is 0 Å². The molecule has 1 heterocycles. The Labute approximate surface area is 90.9 Å². The van der Waals surface area contributed by atoms with E-state index in [-0.39, 0.29) is 0 Å². The molecule has 1 aliphatic carbocycles. The first kappa shape index (κ1) is 10.6. The SMILES string of the molecule is COC1CC(NC(C)c2ccncc2)C1. The molecule has 1 unspecified atom stereocenters. The molecule has 1 aliphatic rings. The summed E-state index contributed by atoms with van der Waals surface area (Å²) in [6, 6.07) is 5.13. The van der Waals surface area contributed by atoms with Gasteiger partial charge in [-0.25, -0.2) is 0 Å². The average Bonchev–Trinajstić information content (AvgIpc) is 2.23. The highest BCUT2D eigenvalue weighted by molar-refractivity contribution is 5.14. The van der Waals surface area contributed by atoms with Gasteiger partial charge in [0.05, 0.1) is 6.10 Å². The van der Waals surface area contributed by atoms with Crippen LogP contribution in [0.15, 0.2) is 24.5 Å². The van der Waals surface area contributed by atoms with E-state index in [0.717, 1.165) is 12.8 Å². The van der Waals surface area contributed by atoms with Crippen molar-refractivity contribution in [1.29, 1.82) is 0 Å². The van der Waals surface area contributed by atoms with Crippen molar-refractivity contribution in [2.24, 2.45) is 0 Å². The number of nitrogens with one attached hydrogen (secondary N) is 1. The van der Waals surface area contributed by atoms with Gasteiger partial charge in [-0.2, -0.15) is 0 Å². The van der Waals surface area contributed by atoms with Gasteiger partial charge in [-0.3, -0.25) is 4.98 Å². The third-order valence-electron chi connectivity index (χ3n) is 3.12. The first-order valence-corrected chi connectivity index (χ1v) is 5.48. The van der Waals surface area contributed by atoms with Crippen molar-refractivity contribution in [2.75, 3.05) is 7.11 Å². The Morgan fingerprint density at radius 2 is 2.07 bits per heavy atom. The molecule has 1 N–H and O–H groups in total. The molecule has 1 aromatic heterocycles. The maximum absolute atomic E-state index is 5.25. The highest BCUT2D eigenvalue weighted by Crippen LogP contribution is 2.25. The number of aromatic nitrogens is 1. The predicted octanol–water partition coefficient (Wildman–Crippen LogP) is 1.91. The van der Waals surface area contributed by atoms with Crippen molar-refractivity contribution < 1.29 is 4.74 Å². The van der Waals surface area contributed by atoms with Gasteiger partial charge in [-0.15, -0.1) is 0 Å². The molecule has 3 heteroatoms. The van der Waals surface area contributed by atoms with E-state index in [9.17, 15) is 0 Å². The molecule has 3 nitrogen and oxygen atoms in total. The van der Waals surface area contributed by atoms with Gasteiger partial charge >= 0.3 is 0 Å². The zero-order valence-corrected chi connectivity index (χ0v) is 9.31. The summed E-state index contributed by atoms with van der Waals surface area (Å²) in [4.78, 5) is 4.02. The predicted molar refractivity (Wildman–Crippen MR) is 59.6 cm³/mol. The molecule has 0 bridgehead atoms. The summed E-state index contributed by atoms with van der Waals surface area (Å²) >= 11 is 0. The topological polar surface area (TPSA) is 34.1 Å². The highest BCUT2D eigenvalue weighted by atomic mass is 16.5. The quantitative estimate of drug-likeness (QED) is 0.817. The van der Waals surface area contributed by atoms with Crippen LogP contribution in [-0.2, 0) is 4.74 Å². The molecule has 1 aromatic rings. The first-order chi connectivity index (χ1) is 7.29. The van der Waals surface area contributed by atoms with E-state index in [1.807, 2.05) is 12.4 Å². The van der Waals surface area contributed by atoms with E-state index >= 15 is 0 Å². The number of nitrogens with zero attached hydrogens (tertiary/aromatic N) is 1. The molecule has 1 fully saturated rings. The van der Waals surface area contributed by atoms with Crippen LogP contribution in [0.1, 0.15) is 31.4 Å². The molecule has 1 saturated carbocycles. The summed E-state index contributed by atoms with van der Waals surface area (Å²) in [5, 5.41) is 3.59. The summed E-state index contributed by atoms with van der Waals surface area (Å²) < 4.78 is 5.25. The zero-order chi connectivity index (χ0) is 10.7. The van der Waals surface area contributed by atoms with Gasteiger partial charge in [-0.05, 0) is 37.5 Å². The molecule has 0 spiro atoms. The highest BCUT2D eigenvalue weighted by Gasteiger charge is 2.29. The van der Waals surface area contributed by atoms with E-state index in [2.05, 4.69) is 29.4 Å². The number of pyridine rings is 1. The number of rotatable bonds is 4. The average molecular weight is 206 g/mol. The molecule has 0 saturated heterocycles. The molecule has 2 rings (SSSR count). The Kier molecular flexibility index (Phi) is 3.34. The van der Waals surface area contributed by atoms with Crippen molar-refractivity contribution in [2.45, 2.75) is 38.0 Å². The lowest BCUT2D eigenvalue weighted by atomic mass is 9.88.